The first-order valence-corrected chi connectivity index (χ1v) is 11.4. The van der Waals surface area contributed by atoms with Crippen LogP contribution in [0.3, 0.4) is 0 Å². The van der Waals surface area contributed by atoms with E-state index in [9.17, 15) is 14.7 Å². The lowest BCUT2D eigenvalue weighted by Gasteiger charge is -2.37. The van der Waals surface area contributed by atoms with Gasteiger partial charge in [0.2, 0.25) is 5.78 Å². The largest absolute Gasteiger partial charge is 0.495 e. The number of ketones is 1. The Morgan fingerprint density at radius 2 is 1.85 bits per heavy atom. The summed E-state index contributed by atoms with van der Waals surface area (Å²) in [5, 5.41) is 10.6. The first kappa shape index (κ1) is 23.8. The number of para-hydroxylation sites is 3. The molecule has 1 N–H and O–H groups in total. The van der Waals surface area contributed by atoms with Crippen molar-refractivity contribution < 1.29 is 33.6 Å². The molecular formula is C25H30N2O7. The molecule has 2 aliphatic rings. The van der Waals surface area contributed by atoms with Crippen molar-refractivity contribution in [1.29, 1.82) is 0 Å². The maximum Gasteiger partial charge on any atom is 0.355 e. The predicted octanol–water partition coefficient (Wildman–Crippen LogP) is 1.76. The zero-order valence-corrected chi connectivity index (χ0v) is 19.4. The Morgan fingerprint density at radius 3 is 2.59 bits per heavy atom. The van der Waals surface area contributed by atoms with Crippen LogP contribution in [0.15, 0.2) is 42.5 Å². The van der Waals surface area contributed by atoms with Gasteiger partial charge in [0.15, 0.2) is 11.5 Å². The molecular weight excluding hydrogens is 440 g/mol. The molecule has 2 aromatic rings. The van der Waals surface area contributed by atoms with Crippen molar-refractivity contribution in [3.05, 3.63) is 48.0 Å². The molecule has 2 aromatic carbocycles. The maximum atomic E-state index is 12.5. The lowest BCUT2D eigenvalue weighted by atomic mass is 10.1. The Bertz CT molecular complexity index is 1020. The quantitative estimate of drug-likeness (QED) is 0.434. The highest BCUT2D eigenvalue weighted by molar-refractivity contribution is 6.15. The Hall–Kier alpha value is -3.30. The van der Waals surface area contributed by atoms with Crippen molar-refractivity contribution >= 4 is 17.4 Å². The van der Waals surface area contributed by atoms with E-state index in [0.29, 0.717) is 12.3 Å². The molecule has 9 heteroatoms. The van der Waals surface area contributed by atoms with Crippen molar-refractivity contribution in [2.45, 2.75) is 19.1 Å². The van der Waals surface area contributed by atoms with Crippen LogP contribution in [0.4, 0.5) is 5.69 Å². The third-order valence-electron chi connectivity index (χ3n) is 5.92. The van der Waals surface area contributed by atoms with Crippen LogP contribution in [-0.2, 0) is 9.53 Å². The molecule has 182 valence electrons. The highest BCUT2D eigenvalue weighted by atomic mass is 16.6. The summed E-state index contributed by atoms with van der Waals surface area (Å²) in [5.74, 6) is 0.209. The maximum absolute atomic E-state index is 12.5. The van der Waals surface area contributed by atoms with Gasteiger partial charge in [-0.25, -0.2) is 4.79 Å². The first-order valence-electron chi connectivity index (χ1n) is 11.4. The van der Waals surface area contributed by atoms with Crippen molar-refractivity contribution in [3.63, 3.8) is 0 Å². The zero-order chi connectivity index (χ0) is 24.1. The first-order chi connectivity index (χ1) is 16.5. The number of piperazine rings is 1. The van der Waals surface area contributed by atoms with Crippen LogP contribution in [0.1, 0.15) is 17.3 Å². The smallest absolute Gasteiger partial charge is 0.355 e. The number of Topliss-reactive ketones (excluding diaryl/α,β-unsaturated/α-hetero) is 1. The van der Waals surface area contributed by atoms with E-state index in [2.05, 4.69) is 15.9 Å². The van der Waals surface area contributed by atoms with Crippen LogP contribution < -0.4 is 19.1 Å². The Balaban J connectivity index is 1.29. The SMILES string of the molecule is CCOC(=O)C1Oc2c(OCC(O)CN3CCN(c4ccccc4OC)CC3)cccc2C1=O. The molecule has 4 rings (SSSR count). The summed E-state index contributed by atoms with van der Waals surface area (Å²) in [7, 11) is 1.67. The number of ether oxygens (including phenoxy) is 4. The third kappa shape index (κ3) is 5.10. The number of esters is 1. The fourth-order valence-electron chi connectivity index (χ4n) is 4.23. The second-order valence-corrected chi connectivity index (χ2v) is 8.17. The van der Waals surface area contributed by atoms with Gasteiger partial charge in [0, 0.05) is 32.7 Å². The van der Waals surface area contributed by atoms with E-state index >= 15 is 0 Å². The van der Waals surface area contributed by atoms with E-state index in [-0.39, 0.29) is 24.5 Å². The van der Waals surface area contributed by atoms with E-state index in [0.717, 1.165) is 37.6 Å². The van der Waals surface area contributed by atoms with Crippen LogP contribution in [0.5, 0.6) is 17.2 Å². The van der Waals surface area contributed by atoms with Gasteiger partial charge in [0.05, 0.1) is 25.0 Å². The van der Waals surface area contributed by atoms with E-state index < -0.39 is 24.0 Å². The standard InChI is InChI=1S/C25H30N2O7/c1-3-32-25(30)24-22(29)18-7-6-10-21(23(18)34-24)33-16-17(28)15-26-11-13-27(14-12-26)19-8-4-5-9-20(19)31-2/h4-10,17,24,28H,3,11-16H2,1-2H3. The van der Waals surface area contributed by atoms with Crippen LogP contribution in [0.25, 0.3) is 0 Å². The molecule has 2 unspecified atom stereocenters. The normalized spacial score (nSPS) is 18.7. The van der Waals surface area contributed by atoms with Crippen molar-refractivity contribution in [2.75, 3.05) is 57.9 Å². The van der Waals surface area contributed by atoms with E-state index in [4.69, 9.17) is 18.9 Å². The summed E-state index contributed by atoms with van der Waals surface area (Å²) >= 11 is 0. The zero-order valence-electron chi connectivity index (χ0n) is 19.4. The lowest BCUT2D eigenvalue weighted by Crippen LogP contribution is -2.49. The molecule has 0 aromatic heterocycles. The molecule has 2 heterocycles. The van der Waals surface area contributed by atoms with Crippen LogP contribution in [-0.4, -0.2) is 87.0 Å². The Kier molecular flexibility index (Phi) is 7.54. The van der Waals surface area contributed by atoms with Gasteiger partial charge in [0.1, 0.15) is 18.5 Å². The molecule has 2 atom stereocenters. The molecule has 2 aliphatic heterocycles. The molecule has 1 fully saturated rings. The minimum Gasteiger partial charge on any atom is -0.495 e. The number of nitrogens with zero attached hydrogens (tertiary/aromatic N) is 2. The van der Waals surface area contributed by atoms with Gasteiger partial charge in [-0.2, -0.15) is 0 Å². The van der Waals surface area contributed by atoms with Gasteiger partial charge in [-0.05, 0) is 31.2 Å². The number of aliphatic hydroxyl groups is 1. The topological polar surface area (TPSA) is 97.8 Å². The second-order valence-electron chi connectivity index (χ2n) is 8.17. The fraction of sp³-hybridized carbons (Fsp3) is 0.440. The number of fused-ring (bicyclic) bond motifs is 1. The molecule has 0 radical (unpaired) electrons. The Labute approximate surface area is 198 Å². The number of carbonyl (C=O) groups is 2. The number of rotatable bonds is 9. The van der Waals surface area contributed by atoms with Crippen LogP contribution in [0, 0.1) is 0 Å². The highest BCUT2D eigenvalue weighted by Crippen LogP contribution is 2.38. The van der Waals surface area contributed by atoms with Crippen molar-refractivity contribution in [2.24, 2.45) is 0 Å². The molecule has 0 bridgehead atoms. The van der Waals surface area contributed by atoms with Gasteiger partial charge in [-0.15, -0.1) is 0 Å². The minimum absolute atomic E-state index is 0.0325. The molecule has 9 nitrogen and oxygen atoms in total. The molecule has 0 spiro atoms. The lowest BCUT2D eigenvalue weighted by molar-refractivity contribution is -0.148. The summed E-state index contributed by atoms with van der Waals surface area (Å²) in [6.45, 7) is 5.56. The summed E-state index contributed by atoms with van der Waals surface area (Å²) in [6.07, 6.45) is -2.05. The molecule has 0 saturated carbocycles. The number of anilines is 1. The number of benzene rings is 2. The number of carbonyl (C=O) groups excluding carboxylic acids is 2. The molecule has 1 saturated heterocycles. The number of methoxy groups -OCH3 is 1. The van der Waals surface area contributed by atoms with Gasteiger partial charge in [0.25, 0.3) is 6.10 Å². The second kappa shape index (κ2) is 10.8. The van der Waals surface area contributed by atoms with Crippen LogP contribution in [0.2, 0.25) is 0 Å². The molecule has 0 aliphatic carbocycles. The van der Waals surface area contributed by atoms with Crippen molar-refractivity contribution in [3.8, 4) is 17.2 Å². The van der Waals surface area contributed by atoms with Gasteiger partial charge < -0.3 is 29.0 Å². The van der Waals surface area contributed by atoms with Gasteiger partial charge >= 0.3 is 5.97 Å². The minimum atomic E-state index is -1.32. The van der Waals surface area contributed by atoms with E-state index in [1.807, 2.05) is 18.2 Å². The number of hydrogen-bond acceptors (Lipinski definition) is 9. The number of hydrogen-bond donors (Lipinski definition) is 1. The number of aliphatic hydroxyl groups excluding tert-OH is 1. The van der Waals surface area contributed by atoms with E-state index in [1.165, 1.54) is 0 Å². The summed E-state index contributed by atoms with van der Waals surface area (Å²) in [5.41, 5.74) is 1.35. The summed E-state index contributed by atoms with van der Waals surface area (Å²) < 4.78 is 21.7. The fourth-order valence-corrected chi connectivity index (χ4v) is 4.23. The third-order valence-corrected chi connectivity index (χ3v) is 5.92. The molecule has 34 heavy (non-hydrogen) atoms. The van der Waals surface area contributed by atoms with Gasteiger partial charge in [-0.3, -0.25) is 9.69 Å². The Morgan fingerprint density at radius 1 is 1.12 bits per heavy atom. The van der Waals surface area contributed by atoms with E-state index in [1.54, 1.807) is 32.2 Å². The number of β-amino-alcohol motifs (C(OH)–C–C–N with tert-alkyl or cyclic N) is 1. The average Bonchev–Trinajstić information content (AvgIpc) is 3.20. The summed E-state index contributed by atoms with van der Waals surface area (Å²) in [6, 6.07) is 12.9. The predicted molar refractivity (Wildman–Crippen MR) is 125 cm³/mol. The van der Waals surface area contributed by atoms with Gasteiger partial charge in [-0.1, -0.05) is 18.2 Å². The molecule has 0 amide bonds. The monoisotopic (exact) mass is 470 g/mol. The average molecular weight is 471 g/mol. The van der Waals surface area contributed by atoms with Crippen LogP contribution >= 0.6 is 0 Å². The highest BCUT2D eigenvalue weighted by Gasteiger charge is 2.40. The summed E-state index contributed by atoms with van der Waals surface area (Å²) in [4.78, 5) is 29.0. The van der Waals surface area contributed by atoms with Crippen molar-refractivity contribution in [1.82, 2.24) is 4.90 Å².